The van der Waals surface area contributed by atoms with E-state index < -0.39 is 11.7 Å². The van der Waals surface area contributed by atoms with E-state index in [1.54, 1.807) is 18.5 Å². The van der Waals surface area contributed by atoms with Crippen LogP contribution >= 0.6 is 0 Å². The van der Waals surface area contributed by atoms with Crippen molar-refractivity contribution in [3.8, 4) is 11.1 Å². The van der Waals surface area contributed by atoms with Crippen molar-refractivity contribution < 1.29 is 9.53 Å². The number of benzene rings is 1. The van der Waals surface area contributed by atoms with Gasteiger partial charge in [0.15, 0.2) is 0 Å². The molecule has 0 fully saturated rings. The van der Waals surface area contributed by atoms with E-state index in [0.29, 0.717) is 5.69 Å². The highest BCUT2D eigenvalue weighted by Crippen LogP contribution is 2.33. The highest BCUT2D eigenvalue weighted by atomic mass is 16.6. The molecule has 2 heterocycles. The lowest BCUT2D eigenvalue weighted by molar-refractivity contribution is 0.0636. The van der Waals surface area contributed by atoms with Crippen molar-refractivity contribution in [2.24, 2.45) is 0 Å². The Balaban J connectivity index is 1.94. The van der Waals surface area contributed by atoms with E-state index in [1.165, 1.54) is 11.1 Å². The van der Waals surface area contributed by atoms with Gasteiger partial charge in [-0.1, -0.05) is 18.2 Å². The van der Waals surface area contributed by atoms with Crippen LogP contribution in [0.1, 0.15) is 31.9 Å². The van der Waals surface area contributed by atoms with Gasteiger partial charge in [-0.15, -0.1) is 0 Å². The summed E-state index contributed by atoms with van der Waals surface area (Å²) in [4.78, 5) is 16.4. The van der Waals surface area contributed by atoms with Crippen molar-refractivity contribution in [2.45, 2.75) is 39.3 Å². The van der Waals surface area contributed by atoms with Crippen LogP contribution in [0.3, 0.4) is 0 Å². The van der Waals surface area contributed by atoms with Crippen LogP contribution in [-0.4, -0.2) is 23.2 Å². The Morgan fingerprint density at radius 1 is 1.25 bits per heavy atom. The number of carbonyl (C=O) groups is 1. The molecular formula is C19H23N3O2. The van der Waals surface area contributed by atoms with Crippen LogP contribution in [0.5, 0.6) is 0 Å². The Labute approximate surface area is 142 Å². The van der Waals surface area contributed by atoms with Gasteiger partial charge in [0.1, 0.15) is 5.60 Å². The Bertz CT molecular complexity index is 751. The number of anilines is 1. The summed E-state index contributed by atoms with van der Waals surface area (Å²) < 4.78 is 5.36. The summed E-state index contributed by atoms with van der Waals surface area (Å²) in [5, 5.41) is 6.24. The van der Waals surface area contributed by atoms with Crippen molar-refractivity contribution in [2.75, 3.05) is 11.9 Å². The van der Waals surface area contributed by atoms with Crippen molar-refractivity contribution >= 4 is 11.8 Å². The average molecular weight is 325 g/mol. The van der Waals surface area contributed by atoms with Crippen LogP contribution in [0.4, 0.5) is 10.5 Å². The minimum Gasteiger partial charge on any atom is -0.444 e. The maximum atomic E-state index is 12.1. The highest BCUT2D eigenvalue weighted by molar-refractivity contribution is 5.92. The minimum absolute atomic E-state index is 0.457. The zero-order valence-corrected chi connectivity index (χ0v) is 14.3. The maximum Gasteiger partial charge on any atom is 0.412 e. The first-order chi connectivity index (χ1) is 11.4. The van der Waals surface area contributed by atoms with Crippen molar-refractivity contribution in [1.29, 1.82) is 0 Å². The number of aromatic nitrogens is 1. The number of carbonyl (C=O) groups excluding carboxylic acids is 1. The number of amides is 1. The molecule has 5 heteroatoms. The monoisotopic (exact) mass is 325 g/mol. The van der Waals surface area contributed by atoms with E-state index in [0.717, 1.165) is 30.6 Å². The number of nitrogens with zero attached hydrogens (tertiary/aromatic N) is 1. The molecule has 5 nitrogen and oxygen atoms in total. The summed E-state index contributed by atoms with van der Waals surface area (Å²) in [5.74, 6) is 0. The fourth-order valence-corrected chi connectivity index (χ4v) is 2.92. The first-order valence-corrected chi connectivity index (χ1v) is 8.20. The van der Waals surface area contributed by atoms with Gasteiger partial charge in [-0.3, -0.25) is 10.3 Å². The van der Waals surface area contributed by atoms with Crippen molar-refractivity contribution in [3.05, 3.63) is 47.8 Å². The van der Waals surface area contributed by atoms with Gasteiger partial charge in [0.2, 0.25) is 0 Å². The Morgan fingerprint density at radius 2 is 2.08 bits per heavy atom. The SMILES string of the molecule is CC(C)(C)OC(=O)Nc1ccncc1-c1cccc2c1CCNC2. The van der Waals surface area contributed by atoms with Crippen LogP contribution in [0, 0.1) is 0 Å². The van der Waals surface area contributed by atoms with E-state index in [4.69, 9.17) is 4.74 Å². The van der Waals surface area contributed by atoms with E-state index >= 15 is 0 Å². The van der Waals surface area contributed by atoms with Gasteiger partial charge in [0, 0.05) is 24.5 Å². The highest BCUT2D eigenvalue weighted by Gasteiger charge is 2.19. The van der Waals surface area contributed by atoms with Crippen LogP contribution < -0.4 is 10.6 Å². The Morgan fingerprint density at radius 3 is 2.88 bits per heavy atom. The molecule has 0 atom stereocenters. The lowest BCUT2D eigenvalue weighted by Crippen LogP contribution is -2.27. The van der Waals surface area contributed by atoms with Gasteiger partial charge >= 0.3 is 6.09 Å². The normalized spacial score (nSPS) is 14.0. The second kappa shape index (κ2) is 6.61. The maximum absolute atomic E-state index is 12.1. The molecule has 0 aliphatic carbocycles. The van der Waals surface area contributed by atoms with Gasteiger partial charge < -0.3 is 10.1 Å². The first kappa shape index (κ1) is 16.5. The minimum atomic E-state index is -0.533. The summed E-state index contributed by atoms with van der Waals surface area (Å²) in [6, 6.07) is 8.08. The summed E-state index contributed by atoms with van der Waals surface area (Å²) in [6.07, 6.45) is 3.98. The molecule has 2 N–H and O–H groups in total. The molecule has 126 valence electrons. The quantitative estimate of drug-likeness (QED) is 0.883. The lowest BCUT2D eigenvalue weighted by atomic mass is 9.91. The van der Waals surface area contributed by atoms with Gasteiger partial charge in [-0.25, -0.2) is 4.79 Å². The van der Waals surface area contributed by atoms with Crippen molar-refractivity contribution in [3.63, 3.8) is 0 Å². The molecule has 1 amide bonds. The van der Waals surface area contributed by atoms with E-state index in [-0.39, 0.29) is 0 Å². The molecule has 2 aromatic rings. The number of rotatable bonds is 2. The van der Waals surface area contributed by atoms with Gasteiger partial charge in [0.25, 0.3) is 0 Å². The molecule has 0 saturated heterocycles. The summed E-state index contributed by atoms with van der Waals surface area (Å²) in [6.45, 7) is 7.37. The van der Waals surface area contributed by atoms with Crippen LogP contribution in [0.15, 0.2) is 36.7 Å². The Hall–Kier alpha value is -2.40. The predicted octanol–water partition coefficient (Wildman–Crippen LogP) is 3.74. The molecule has 0 bridgehead atoms. The first-order valence-electron chi connectivity index (χ1n) is 8.20. The molecule has 1 aliphatic heterocycles. The molecule has 0 spiro atoms. The molecule has 0 radical (unpaired) electrons. The van der Waals surface area contributed by atoms with Crippen molar-refractivity contribution in [1.82, 2.24) is 10.3 Å². The lowest BCUT2D eigenvalue weighted by Gasteiger charge is -2.23. The molecule has 0 saturated carbocycles. The largest absolute Gasteiger partial charge is 0.444 e. The zero-order valence-electron chi connectivity index (χ0n) is 14.3. The van der Waals surface area contributed by atoms with Gasteiger partial charge in [-0.05, 0) is 56.5 Å². The van der Waals surface area contributed by atoms with Gasteiger partial charge in [0.05, 0.1) is 5.69 Å². The third-order valence-electron chi connectivity index (χ3n) is 3.89. The number of fused-ring (bicyclic) bond motifs is 1. The smallest absolute Gasteiger partial charge is 0.412 e. The number of nitrogens with one attached hydrogen (secondary N) is 2. The fraction of sp³-hybridized carbons (Fsp3) is 0.368. The second-order valence-electron chi connectivity index (χ2n) is 6.92. The molecular weight excluding hydrogens is 302 g/mol. The second-order valence-corrected chi connectivity index (χ2v) is 6.92. The summed E-state index contributed by atoms with van der Waals surface area (Å²) >= 11 is 0. The Kier molecular flexibility index (Phi) is 4.53. The molecule has 1 aromatic carbocycles. The molecule has 1 aliphatic rings. The van der Waals surface area contributed by atoms with Gasteiger partial charge in [-0.2, -0.15) is 0 Å². The average Bonchev–Trinajstić information content (AvgIpc) is 2.53. The summed E-state index contributed by atoms with van der Waals surface area (Å²) in [5.41, 5.74) is 4.83. The molecule has 24 heavy (non-hydrogen) atoms. The van der Waals surface area contributed by atoms with E-state index in [9.17, 15) is 4.79 Å². The third kappa shape index (κ3) is 3.74. The number of pyridine rings is 1. The number of ether oxygens (including phenoxy) is 1. The standard InChI is InChI=1S/C19H23N3O2/c1-19(2,3)24-18(23)22-17-8-10-21-12-16(17)15-6-4-5-13-11-20-9-7-14(13)15/h4-6,8,10,12,20H,7,9,11H2,1-3H3,(H,21,22,23). The fourth-order valence-electron chi connectivity index (χ4n) is 2.92. The summed E-state index contributed by atoms with van der Waals surface area (Å²) in [7, 11) is 0. The predicted molar refractivity (Wildman–Crippen MR) is 94.9 cm³/mol. The van der Waals surface area contributed by atoms with E-state index in [1.807, 2.05) is 26.8 Å². The van der Waals surface area contributed by atoms with Crippen LogP contribution in [0.2, 0.25) is 0 Å². The topological polar surface area (TPSA) is 63.2 Å². The van der Waals surface area contributed by atoms with Crippen LogP contribution in [-0.2, 0) is 17.7 Å². The molecule has 1 aromatic heterocycles. The third-order valence-corrected chi connectivity index (χ3v) is 3.89. The van der Waals surface area contributed by atoms with Crippen LogP contribution in [0.25, 0.3) is 11.1 Å². The zero-order chi connectivity index (χ0) is 17.2. The molecule has 0 unspecified atom stereocenters. The molecule has 3 rings (SSSR count). The number of hydrogen-bond acceptors (Lipinski definition) is 4. The van der Waals surface area contributed by atoms with E-state index in [2.05, 4.69) is 27.8 Å². The number of hydrogen-bond donors (Lipinski definition) is 2.